The third-order valence-electron chi connectivity index (χ3n) is 1.91. The number of ether oxygens (including phenoxy) is 1. The number of carbonyl (C=O) groups is 1. The van der Waals surface area contributed by atoms with E-state index >= 15 is 0 Å². The first kappa shape index (κ1) is 10.4. The lowest BCUT2D eigenvalue weighted by Crippen LogP contribution is -2.03. The van der Waals surface area contributed by atoms with Crippen LogP contribution in [0.5, 0.6) is 11.5 Å². The first-order valence-electron chi connectivity index (χ1n) is 4.26. The van der Waals surface area contributed by atoms with Crippen LogP contribution in [0.4, 0.5) is 0 Å². The van der Waals surface area contributed by atoms with Crippen LogP contribution in [0.25, 0.3) is 0 Å². The van der Waals surface area contributed by atoms with Crippen LogP contribution < -0.4 is 4.74 Å². The molecule has 0 aromatic heterocycles. The minimum absolute atomic E-state index is 0.101. The molecule has 14 heavy (non-hydrogen) atoms. The van der Waals surface area contributed by atoms with Gasteiger partial charge in [-0.3, -0.25) is 0 Å². The van der Waals surface area contributed by atoms with Crippen LogP contribution in [0.1, 0.15) is 22.8 Å². The number of hydrogen-bond donors (Lipinski definition) is 2. The van der Waals surface area contributed by atoms with Crippen molar-refractivity contribution < 1.29 is 19.7 Å². The summed E-state index contributed by atoms with van der Waals surface area (Å²) in [5, 5.41) is 18.1. The van der Waals surface area contributed by atoms with E-state index in [1.807, 2.05) is 6.92 Å². The molecule has 0 heterocycles. The van der Waals surface area contributed by atoms with E-state index in [-0.39, 0.29) is 11.3 Å². The number of rotatable bonds is 3. The average Bonchev–Trinajstić information content (AvgIpc) is 2.10. The SMILES string of the molecule is CCOc1ccc(O)c(C(=O)O)c1C. The van der Waals surface area contributed by atoms with Crippen LogP contribution in [-0.2, 0) is 0 Å². The normalized spacial score (nSPS) is 9.86. The maximum Gasteiger partial charge on any atom is 0.339 e. The van der Waals surface area contributed by atoms with Gasteiger partial charge < -0.3 is 14.9 Å². The Bertz CT molecular complexity index is 357. The van der Waals surface area contributed by atoms with Crippen LogP contribution in [0.2, 0.25) is 0 Å². The molecule has 2 N–H and O–H groups in total. The summed E-state index contributed by atoms with van der Waals surface area (Å²) in [7, 11) is 0. The molecule has 0 aliphatic heterocycles. The number of phenols is 1. The van der Waals surface area contributed by atoms with Crippen LogP contribution in [0, 0.1) is 6.92 Å². The molecule has 1 aromatic rings. The molecule has 0 amide bonds. The van der Waals surface area contributed by atoms with E-state index in [1.54, 1.807) is 13.0 Å². The fraction of sp³-hybridized carbons (Fsp3) is 0.300. The van der Waals surface area contributed by atoms with Gasteiger partial charge in [0, 0.05) is 5.56 Å². The van der Waals surface area contributed by atoms with E-state index < -0.39 is 5.97 Å². The molecule has 0 radical (unpaired) electrons. The van der Waals surface area contributed by atoms with Crippen molar-refractivity contribution in [2.24, 2.45) is 0 Å². The summed E-state index contributed by atoms with van der Waals surface area (Å²) >= 11 is 0. The van der Waals surface area contributed by atoms with Gasteiger partial charge in [-0.2, -0.15) is 0 Å². The molecule has 1 rings (SSSR count). The summed E-state index contributed by atoms with van der Waals surface area (Å²) in [4.78, 5) is 10.8. The van der Waals surface area contributed by atoms with Gasteiger partial charge in [-0.1, -0.05) is 0 Å². The van der Waals surface area contributed by atoms with E-state index in [1.165, 1.54) is 6.07 Å². The summed E-state index contributed by atoms with van der Waals surface area (Å²) in [5.41, 5.74) is 0.343. The van der Waals surface area contributed by atoms with Crippen molar-refractivity contribution in [3.8, 4) is 11.5 Å². The molecule has 1 aromatic carbocycles. The van der Waals surface area contributed by atoms with E-state index in [2.05, 4.69) is 0 Å². The molecule has 0 saturated heterocycles. The first-order chi connectivity index (χ1) is 6.57. The highest BCUT2D eigenvalue weighted by Crippen LogP contribution is 2.28. The van der Waals surface area contributed by atoms with Crippen LogP contribution in [0.3, 0.4) is 0 Å². The third-order valence-corrected chi connectivity index (χ3v) is 1.91. The number of carboxylic acids is 1. The smallest absolute Gasteiger partial charge is 0.339 e. The highest BCUT2D eigenvalue weighted by atomic mass is 16.5. The van der Waals surface area contributed by atoms with Gasteiger partial charge in [0.05, 0.1) is 6.61 Å². The van der Waals surface area contributed by atoms with Gasteiger partial charge >= 0.3 is 5.97 Å². The fourth-order valence-corrected chi connectivity index (χ4v) is 1.26. The number of aromatic hydroxyl groups is 1. The predicted octanol–water partition coefficient (Wildman–Crippen LogP) is 1.80. The van der Waals surface area contributed by atoms with Crippen molar-refractivity contribution in [2.75, 3.05) is 6.61 Å². The highest BCUT2D eigenvalue weighted by Gasteiger charge is 2.16. The maximum absolute atomic E-state index is 10.8. The Kier molecular flexibility index (Phi) is 2.96. The van der Waals surface area contributed by atoms with Gasteiger partial charge in [0.2, 0.25) is 0 Å². The van der Waals surface area contributed by atoms with Crippen LogP contribution in [0.15, 0.2) is 12.1 Å². The van der Waals surface area contributed by atoms with Crippen molar-refractivity contribution in [1.82, 2.24) is 0 Å². The lowest BCUT2D eigenvalue weighted by atomic mass is 10.1. The fourth-order valence-electron chi connectivity index (χ4n) is 1.26. The summed E-state index contributed by atoms with van der Waals surface area (Å²) < 4.78 is 5.21. The minimum atomic E-state index is -1.15. The van der Waals surface area contributed by atoms with E-state index in [0.29, 0.717) is 17.9 Å². The number of aromatic carboxylic acids is 1. The van der Waals surface area contributed by atoms with Gasteiger partial charge in [-0.25, -0.2) is 4.79 Å². The molecule has 4 nitrogen and oxygen atoms in total. The summed E-state index contributed by atoms with van der Waals surface area (Å²) in [6.45, 7) is 3.88. The summed E-state index contributed by atoms with van der Waals surface area (Å²) in [5.74, 6) is -0.900. The van der Waals surface area contributed by atoms with E-state index in [4.69, 9.17) is 9.84 Å². The largest absolute Gasteiger partial charge is 0.507 e. The lowest BCUT2D eigenvalue weighted by Gasteiger charge is -2.10. The van der Waals surface area contributed by atoms with E-state index in [9.17, 15) is 9.90 Å². The van der Waals surface area contributed by atoms with Crippen molar-refractivity contribution in [3.63, 3.8) is 0 Å². The molecule has 0 unspecified atom stereocenters. The molecule has 0 fully saturated rings. The molecule has 0 bridgehead atoms. The van der Waals surface area contributed by atoms with E-state index in [0.717, 1.165) is 0 Å². The van der Waals surface area contributed by atoms with Crippen LogP contribution in [-0.4, -0.2) is 22.8 Å². The Hall–Kier alpha value is -1.71. The van der Waals surface area contributed by atoms with Crippen molar-refractivity contribution in [3.05, 3.63) is 23.3 Å². The number of carboxylic acid groups (broad SMARTS) is 1. The zero-order valence-corrected chi connectivity index (χ0v) is 8.07. The first-order valence-corrected chi connectivity index (χ1v) is 4.26. The lowest BCUT2D eigenvalue weighted by molar-refractivity contribution is 0.0692. The Morgan fingerprint density at radius 3 is 2.64 bits per heavy atom. The molecule has 4 heteroatoms. The minimum Gasteiger partial charge on any atom is -0.507 e. The van der Waals surface area contributed by atoms with Gasteiger partial charge in [-0.15, -0.1) is 0 Å². The molecule has 0 aliphatic rings. The molecule has 0 atom stereocenters. The zero-order valence-electron chi connectivity index (χ0n) is 8.07. The molecule has 0 spiro atoms. The van der Waals surface area contributed by atoms with Gasteiger partial charge in [0.1, 0.15) is 17.1 Å². The van der Waals surface area contributed by atoms with Crippen molar-refractivity contribution in [1.29, 1.82) is 0 Å². The standard InChI is InChI=1S/C10H12O4/c1-3-14-8-5-4-7(11)9(6(8)2)10(12)13/h4-5,11H,3H2,1-2H3,(H,12,13). The van der Waals surface area contributed by atoms with Crippen LogP contribution >= 0.6 is 0 Å². The average molecular weight is 196 g/mol. The van der Waals surface area contributed by atoms with Gasteiger partial charge in [0.15, 0.2) is 0 Å². The number of benzene rings is 1. The van der Waals surface area contributed by atoms with Crippen molar-refractivity contribution >= 4 is 5.97 Å². The monoisotopic (exact) mass is 196 g/mol. The topological polar surface area (TPSA) is 66.8 Å². The molecule has 0 aliphatic carbocycles. The summed E-state index contributed by atoms with van der Waals surface area (Å²) in [6.07, 6.45) is 0. The number of hydrogen-bond acceptors (Lipinski definition) is 3. The maximum atomic E-state index is 10.8. The molecule has 76 valence electrons. The molecule has 0 saturated carbocycles. The predicted molar refractivity (Wildman–Crippen MR) is 51.0 cm³/mol. The molecular weight excluding hydrogens is 184 g/mol. The summed E-state index contributed by atoms with van der Waals surface area (Å²) in [6, 6.07) is 2.88. The Morgan fingerprint density at radius 2 is 2.14 bits per heavy atom. The quantitative estimate of drug-likeness (QED) is 0.773. The highest BCUT2D eigenvalue weighted by molar-refractivity contribution is 5.93. The van der Waals surface area contributed by atoms with Gasteiger partial charge in [0.25, 0.3) is 0 Å². The third kappa shape index (κ3) is 1.79. The Labute approximate surface area is 81.8 Å². The second-order valence-electron chi connectivity index (χ2n) is 2.82. The Balaban J connectivity index is 3.26. The Morgan fingerprint density at radius 1 is 1.50 bits per heavy atom. The second kappa shape index (κ2) is 4.00. The second-order valence-corrected chi connectivity index (χ2v) is 2.82. The molecular formula is C10H12O4. The zero-order chi connectivity index (χ0) is 10.7. The van der Waals surface area contributed by atoms with Gasteiger partial charge in [-0.05, 0) is 26.0 Å². The van der Waals surface area contributed by atoms with Crippen molar-refractivity contribution in [2.45, 2.75) is 13.8 Å².